The van der Waals surface area contributed by atoms with Crippen LogP contribution in [0.25, 0.3) is 0 Å². The van der Waals surface area contributed by atoms with Crippen molar-refractivity contribution in [3.63, 3.8) is 0 Å². The van der Waals surface area contributed by atoms with Gasteiger partial charge in [0.1, 0.15) is 5.60 Å². The van der Waals surface area contributed by atoms with E-state index in [0.29, 0.717) is 36.4 Å². The molecule has 0 spiro atoms. The van der Waals surface area contributed by atoms with Crippen molar-refractivity contribution < 1.29 is 14.7 Å². The van der Waals surface area contributed by atoms with Gasteiger partial charge in [-0.1, -0.05) is 19.4 Å². The Morgan fingerprint density at radius 1 is 1.08 bits per heavy atom. The van der Waals surface area contributed by atoms with Crippen LogP contribution in [-0.4, -0.2) is 22.3 Å². The predicted molar refractivity (Wildman–Crippen MR) is 92.3 cm³/mol. The van der Waals surface area contributed by atoms with Crippen LogP contribution in [-0.2, 0) is 9.59 Å². The number of carbonyl (C=O) groups is 2. The molecule has 0 aromatic carbocycles. The third kappa shape index (κ3) is 1.88. The second-order valence-corrected chi connectivity index (χ2v) is 9.38. The molecule has 3 heteroatoms. The van der Waals surface area contributed by atoms with Crippen molar-refractivity contribution in [1.29, 1.82) is 0 Å². The summed E-state index contributed by atoms with van der Waals surface area (Å²) in [5.74, 6) is 1.90. The Hall–Kier alpha value is -0.960. The first-order chi connectivity index (χ1) is 11.2. The fourth-order valence-corrected chi connectivity index (χ4v) is 7.15. The summed E-state index contributed by atoms with van der Waals surface area (Å²) in [6, 6.07) is 0. The first-order valence-corrected chi connectivity index (χ1v) is 9.70. The number of carbonyl (C=O) groups excluding carboxylic acids is 2. The molecule has 3 nitrogen and oxygen atoms in total. The van der Waals surface area contributed by atoms with E-state index in [-0.39, 0.29) is 16.6 Å². The number of ketones is 2. The quantitative estimate of drug-likeness (QED) is 0.795. The zero-order chi connectivity index (χ0) is 17.3. The highest BCUT2D eigenvalue weighted by Crippen LogP contribution is 2.67. The summed E-state index contributed by atoms with van der Waals surface area (Å²) in [5.41, 5.74) is 0.155. The lowest BCUT2D eigenvalue weighted by Gasteiger charge is -2.58. The van der Waals surface area contributed by atoms with Gasteiger partial charge < -0.3 is 5.11 Å². The summed E-state index contributed by atoms with van der Waals surface area (Å²) >= 11 is 0. The Kier molecular flexibility index (Phi) is 3.46. The van der Waals surface area contributed by atoms with Crippen molar-refractivity contribution in [1.82, 2.24) is 0 Å². The molecule has 4 rings (SSSR count). The van der Waals surface area contributed by atoms with Gasteiger partial charge in [-0.2, -0.15) is 0 Å². The van der Waals surface area contributed by atoms with E-state index in [1.807, 2.05) is 6.08 Å². The Bertz CT molecular complexity index is 635. The molecule has 0 amide bonds. The molecule has 0 bridgehead atoms. The highest BCUT2D eigenvalue weighted by Gasteiger charge is 2.65. The monoisotopic (exact) mass is 330 g/mol. The molecular weight excluding hydrogens is 300 g/mol. The summed E-state index contributed by atoms with van der Waals surface area (Å²) in [7, 11) is 0. The summed E-state index contributed by atoms with van der Waals surface area (Å²) in [6.07, 6.45) is 9.37. The Labute approximate surface area is 144 Å². The number of aliphatic hydroxyl groups is 1. The molecule has 0 radical (unpaired) electrons. The van der Waals surface area contributed by atoms with Crippen LogP contribution in [0.1, 0.15) is 72.1 Å². The molecular formula is C21H30O3. The van der Waals surface area contributed by atoms with Crippen molar-refractivity contribution in [3.8, 4) is 0 Å². The standard InChI is InChI=1S/C21H30O3/c1-13(22)21(24)11-8-18-16-5-4-14-12-15(23)6-9-19(14,2)17(16)7-10-20(18,21)3/h12,16-18,24H,4-11H2,1-3H3/t16-,17+,18-,19+,20+,21-/m1/s1. The fourth-order valence-electron chi connectivity index (χ4n) is 7.15. The van der Waals surface area contributed by atoms with Gasteiger partial charge >= 0.3 is 0 Å². The second kappa shape index (κ2) is 5.03. The maximum absolute atomic E-state index is 12.2. The molecule has 1 N–H and O–H groups in total. The van der Waals surface area contributed by atoms with E-state index in [1.54, 1.807) is 6.92 Å². The number of Topliss-reactive ketones (excluding diaryl/α,β-unsaturated/α-hetero) is 1. The molecule has 0 aromatic rings. The van der Waals surface area contributed by atoms with E-state index in [9.17, 15) is 14.7 Å². The number of rotatable bonds is 1. The first-order valence-electron chi connectivity index (χ1n) is 9.70. The molecule has 6 atom stereocenters. The maximum atomic E-state index is 12.2. The molecule has 0 saturated heterocycles. The van der Waals surface area contributed by atoms with Gasteiger partial charge in [-0.15, -0.1) is 0 Å². The molecule has 4 aliphatic rings. The maximum Gasteiger partial charge on any atom is 0.161 e. The van der Waals surface area contributed by atoms with E-state index >= 15 is 0 Å². The van der Waals surface area contributed by atoms with Crippen LogP contribution in [0.2, 0.25) is 0 Å². The molecule has 132 valence electrons. The Morgan fingerprint density at radius 2 is 1.79 bits per heavy atom. The van der Waals surface area contributed by atoms with Gasteiger partial charge in [0.25, 0.3) is 0 Å². The van der Waals surface area contributed by atoms with E-state index in [2.05, 4.69) is 13.8 Å². The molecule has 3 fully saturated rings. The van der Waals surface area contributed by atoms with E-state index in [4.69, 9.17) is 0 Å². The molecule has 3 saturated carbocycles. The van der Waals surface area contributed by atoms with Gasteiger partial charge in [-0.3, -0.25) is 9.59 Å². The van der Waals surface area contributed by atoms with Crippen molar-refractivity contribution >= 4 is 11.6 Å². The van der Waals surface area contributed by atoms with E-state index < -0.39 is 5.60 Å². The topological polar surface area (TPSA) is 54.4 Å². The normalized spacial score (nSPS) is 50.6. The summed E-state index contributed by atoms with van der Waals surface area (Å²) in [5, 5.41) is 11.1. The van der Waals surface area contributed by atoms with Crippen molar-refractivity contribution in [2.24, 2.45) is 28.6 Å². The van der Waals surface area contributed by atoms with E-state index in [1.165, 1.54) is 5.57 Å². The highest BCUT2D eigenvalue weighted by atomic mass is 16.3. The smallest absolute Gasteiger partial charge is 0.161 e. The van der Waals surface area contributed by atoms with Gasteiger partial charge in [0.2, 0.25) is 0 Å². The number of hydrogen-bond acceptors (Lipinski definition) is 3. The van der Waals surface area contributed by atoms with Crippen molar-refractivity contribution in [2.75, 3.05) is 0 Å². The van der Waals surface area contributed by atoms with Crippen LogP contribution < -0.4 is 0 Å². The lowest BCUT2D eigenvalue weighted by atomic mass is 9.46. The highest BCUT2D eigenvalue weighted by molar-refractivity contribution is 5.91. The zero-order valence-corrected chi connectivity index (χ0v) is 15.2. The minimum absolute atomic E-state index is 0.0446. The molecule has 24 heavy (non-hydrogen) atoms. The fraction of sp³-hybridized carbons (Fsp3) is 0.810. The van der Waals surface area contributed by atoms with Gasteiger partial charge in [-0.25, -0.2) is 0 Å². The van der Waals surface area contributed by atoms with Crippen LogP contribution in [0.3, 0.4) is 0 Å². The van der Waals surface area contributed by atoms with Crippen LogP contribution in [0.4, 0.5) is 0 Å². The van der Waals surface area contributed by atoms with Crippen LogP contribution in [0.5, 0.6) is 0 Å². The number of fused-ring (bicyclic) bond motifs is 5. The average molecular weight is 330 g/mol. The minimum Gasteiger partial charge on any atom is -0.382 e. The zero-order valence-electron chi connectivity index (χ0n) is 15.2. The molecule has 0 heterocycles. The number of hydrogen-bond donors (Lipinski definition) is 1. The first kappa shape index (κ1) is 16.5. The van der Waals surface area contributed by atoms with E-state index in [0.717, 1.165) is 38.5 Å². The minimum atomic E-state index is -1.12. The van der Waals surface area contributed by atoms with Gasteiger partial charge in [0.15, 0.2) is 11.6 Å². The molecule has 4 aliphatic carbocycles. The summed E-state index contributed by atoms with van der Waals surface area (Å²) in [4.78, 5) is 24.1. The molecule has 0 aliphatic heterocycles. The van der Waals surface area contributed by atoms with Gasteiger partial charge in [0, 0.05) is 11.8 Å². The van der Waals surface area contributed by atoms with Crippen LogP contribution in [0, 0.1) is 28.6 Å². The molecule has 0 unspecified atom stereocenters. The Balaban J connectivity index is 1.70. The van der Waals surface area contributed by atoms with Crippen molar-refractivity contribution in [2.45, 2.75) is 77.7 Å². The second-order valence-electron chi connectivity index (χ2n) is 9.38. The van der Waals surface area contributed by atoms with Crippen LogP contribution in [0.15, 0.2) is 11.6 Å². The van der Waals surface area contributed by atoms with Gasteiger partial charge in [0.05, 0.1) is 0 Å². The molecule has 0 aromatic heterocycles. The SMILES string of the molecule is CC(=O)[C@]1(O)CC[C@@H]2[C@@H]3CCC4=CC(=O)CC[C@]4(C)[C@H]3CC[C@@]21C. The van der Waals surface area contributed by atoms with Crippen LogP contribution >= 0.6 is 0 Å². The summed E-state index contributed by atoms with van der Waals surface area (Å²) < 4.78 is 0. The van der Waals surface area contributed by atoms with Gasteiger partial charge in [-0.05, 0) is 81.1 Å². The third-order valence-corrected chi connectivity index (χ3v) is 8.70. The largest absolute Gasteiger partial charge is 0.382 e. The third-order valence-electron chi connectivity index (χ3n) is 8.70. The Morgan fingerprint density at radius 3 is 2.50 bits per heavy atom. The number of allylic oxidation sites excluding steroid dienone is 1. The lowest BCUT2D eigenvalue weighted by molar-refractivity contribution is -0.160. The van der Waals surface area contributed by atoms with Crippen molar-refractivity contribution in [3.05, 3.63) is 11.6 Å². The summed E-state index contributed by atoms with van der Waals surface area (Å²) in [6.45, 7) is 6.10. The predicted octanol–water partition coefficient (Wildman–Crippen LogP) is 3.84. The average Bonchev–Trinajstić information content (AvgIpc) is 2.81. The lowest BCUT2D eigenvalue weighted by Crippen LogP contribution is -2.57.